The van der Waals surface area contributed by atoms with Gasteiger partial charge in [0.05, 0.1) is 16.7 Å². The monoisotopic (exact) mass is 229 g/mol. The molecule has 0 bridgehead atoms. The lowest BCUT2D eigenvalue weighted by molar-refractivity contribution is 1.12. The summed E-state index contributed by atoms with van der Waals surface area (Å²) in [7, 11) is 0. The Hall–Kier alpha value is -1.81. The van der Waals surface area contributed by atoms with Crippen LogP contribution in [0.2, 0.25) is 0 Å². The van der Waals surface area contributed by atoms with Gasteiger partial charge >= 0.3 is 0 Å². The van der Waals surface area contributed by atoms with E-state index in [0.29, 0.717) is 5.95 Å². The van der Waals surface area contributed by atoms with Crippen LogP contribution in [0.5, 0.6) is 0 Å². The van der Waals surface area contributed by atoms with Gasteiger partial charge < -0.3 is 5.73 Å². The van der Waals surface area contributed by atoms with Crippen molar-refractivity contribution < 1.29 is 0 Å². The minimum absolute atomic E-state index is 0.544. The molecule has 0 fully saturated rings. The first-order valence-electron chi connectivity index (χ1n) is 5.03. The van der Waals surface area contributed by atoms with Gasteiger partial charge in [-0.3, -0.25) is 4.57 Å². The number of aryl methyl sites for hydroxylation is 1. The molecule has 80 valence electrons. The van der Waals surface area contributed by atoms with Crippen LogP contribution in [0.4, 0.5) is 5.95 Å². The Kier molecular flexibility index (Phi) is 1.97. The lowest BCUT2D eigenvalue weighted by atomic mass is 10.2. The quantitative estimate of drug-likeness (QED) is 0.697. The van der Waals surface area contributed by atoms with Crippen LogP contribution in [0.15, 0.2) is 35.0 Å². The third-order valence-corrected chi connectivity index (χ3v) is 3.35. The van der Waals surface area contributed by atoms with Crippen LogP contribution in [0, 0.1) is 6.92 Å². The van der Waals surface area contributed by atoms with Crippen molar-refractivity contribution in [3.8, 4) is 5.69 Å². The largest absolute Gasteiger partial charge is 0.369 e. The number of nitrogens with zero attached hydrogens (tertiary/aromatic N) is 2. The third kappa shape index (κ3) is 1.23. The summed E-state index contributed by atoms with van der Waals surface area (Å²) in [6.07, 6.45) is 0. The molecule has 3 aromatic rings. The molecule has 0 spiro atoms. The highest BCUT2D eigenvalue weighted by Crippen LogP contribution is 2.25. The molecule has 2 heterocycles. The molecule has 0 unspecified atom stereocenters. The van der Waals surface area contributed by atoms with E-state index in [9.17, 15) is 0 Å². The molecule has 1 aromatic carbocycles. The van der Waals surface area contributed by atoms with Crippen LogP contribution >= 0.6 is 11.3 Å². The second kappa shape index (κ2) is 3.35. The number of nitrogen functional groups attached to an aromatic ring is 1. The molecule has 2 N–H and O–H groups in total. The Morgan fingerprint density at radius 2 is 2.19 bits per heavy atom. The fraction of sp³-hybridized carbons (Fsp3) is 0.0833. The summed E-state index contributed by atoms with van der Waals surface area (Å²) in [4.78, 5) is 4.41. The highest BCUT2D eigenvalue weighted by atomic mass is 32.1. The number of aromatic nitrogens is 2. The summed E-state index contributed by atoms with van der Waals surface area (Å²) in [5, 5.41) is 4.11. The minimum atomic E-state index is 0.544. The number of imidazole rings is 1. The predicted octanol–water partition coefficient (Wildman–Crippen LogP) is 2.98. The number of para-hydroxylation sites is 1. The van der Waals surface area contributed by atoms with Gasteiger partial charge in [-0.1, -0.05) is 12.1 Å². The van der Waals surface area contributed by atoms with E-state index in [1.807, 2.05) is 41.1 Å². The van der Waals surface area contributed by atoms with Crippen molar-refractivity contribution in [1.29, 1.82) is 0 Å². The first-order valence-corrected chi connectivity index (χ1v) is 5.98. The Balaban J connectivity index is 2.41. The van der Waals surface area contributed by atoms with Gasteiger partial charge in [-0.15, -0.1) is 0 Å². The van der Waals surface area contributed by atoms with Gasteiger partial charge in [-0.25, -0.2) is 4.98 Å². The van der Waals surface area contributed by atoms with E-state index < -0.39 is 0 Å². The maximum absolute atomic E-state index is 5.97. The molecular formula is C12H11N3S. The summed E-state index contributed by atoms with van der Waals surface area (Å²) in [5.41, 5.74) is 10.2. The standard InChI is InChI=1S/C12H11N3S/c1-8-3-2-4-10-11(8)14-12(13)15(10)9-5-6-16-7-9/h2-7H,1H3,(H2,13,14). The highest BCUT2D eigenvalue weighted by molar-refractivity contribution is 7.08. The average Bonchev–Trinajstić information content (AvgIpc) is 2.85. The molecule has 2 aromatic heterocycles. The Morgan fingerprint density at radius 1 is 1.31 bits per heavy atom. The second-order valence-corrected chi connectivity index (χ2v) is 4.51. The van der Waals surface area contributed by atoms with Crippen LogP contribution in [-0.4, -0.2) is 9.55 Å². The van der Waals surface area contributed by atoms with Gasteiger partial charge in [0.2, 0.25) is 5.95 Å². The summed E-state index contributed by atoms with van der Waals surface area (Å²) in [5.74, 6) is 0.544. The fourth-order valence-electron chi connectivity index (χ4n) is 1.91. The number of hydrogen-bond donors (Lipinski definition) is 1. The molecule has 0 amide bonds. The Morgan fingerprint density at radius 3 is 2.94 bits per heavy atom. The van der Waals surface area contributed by atoms with Gasteiger partial charge in [0, 0.05) is 5.38 Å². The van der Waals surface area contributed by atoms with E-state index in [2.05, 4.69) is 10.4 Å². The van der Waals surface area contributed by atoms with Crippen molar-refractivity contribution in [2.75, 3.05) is 5.73 Å². The van der Waals surface area contributed by atoms with E-state index >= 15 is 0 Å². The SMILES string of the molecule is Cc1cccc2c1nc(N)n2-c1ccsc1. The van der Waals surface area contributed by atoms with Gasteiger partial charge in [-0.05, 0) is 30.0 Å². The fourth-order valence-corrected chi connectivity index (χ4v) is 2.53. The van der Waals surface area contributed by atoms with E-state index in [4.69, 9.17) is 5.73 Å². The van der Waals surface area contributed by atoms with Gasteiger partial charge in [0.25, 0.3) is 0 Å². The minimum Gasteiger partial charge on any atom is -0.369 e. The third-order valence-electron chi connectivity index (χ3n) is 2.68. The lowest BCUT2D eigenvalue weighted by Gasteiger charge is -2.02. The maximum atomic E-state index is 5.97. The highest BCUT2D eigenvalue weighted by Gasteiger charge is 2.10. The zero-order valence-electron chi connectivity index (χ0n) is 8.84. The molecule has 0 aliphatic heterocycles. The van der Waals surface area contributed by atoms with Crippen molar-refractivity contribution in [2.24, 2.45) is 0 Å². The van der Waals surface area contributed by atoms with Crippen LogP contribution in [0.1, 0.15) is 5.56 Å². The van der Waals surface area contributed by atoms with Gasteiger partial charge in [0.1, 0.15) is 0 Å². The molecule has 4 heteroatoms. The molecule has 0 atom stereocenters. The zero-order valence-corrected chi connectivity index (χ0v) is 9.66. The normalized spacial score (nSPS) is 11.1. The molecule has 0 saturated carbocycles. The van der Waals surface area contributed by atoms with Crippen LogP contribution in [0.3, 0.4) is 0 Å². The second-order valence-electron chi connectivity index (χ2n) is 3.73. The molecule has 0 aliphatic rings. The molecule has 16 heavy (non-hydrogen) atoms. The molecule has 3 nitrogen and oxygen atoms in total. The van der Waals surface area contributed by atoms with E-state index in [1.165, 1.54) is 0 Å². The Labute approximate surface area is 97.2 Å². The number of nitrogens with two attached hydrogens (primary N) is 1. The van der Waals surface area contributed by atoms with Crippen molar-refractivity contribution in [2.45, 2.75) is 6.92 Å². The predicted molar refractivity (Wildman–Crippen MR) is 68.1 cm³/mol. The number of thiophene rings is 1. The topological polar surface area (TPSA) is 43.8 Å². The van der Waals surface area contributed by atoms with Crippen LogP contribution < -0.4 is 5.73 Å². The smallest absolute Gasteiger partial charge is 0.205 e. The summed E-state index contributed by atoms with van der Waals surface area (Å²) < 4.78 is 1.98. The summed E-state index contributed by atoms with van der Waals surface area (Å²) in [6, 6.07) is 8.17. The number of hydrogen-bond acceptors (Lipinski definition) is 3. The molecule has 0 saturated heterocycles. The number of benzene rings is 1. The van der Waals surface area contributed by atoms with Gasteiger partial charge in [0.15, 0.2) is 0 Å². The Bertz CT molecular complexity index is 638. The number of fused-ring (bicyclic) bond motifs is 1. The van der Waals surface area contributed by atoms with Gasteiger partial charge in [-0.2, -0.15) is 11.3 Å². The van der Waals surface area contributed by atoms with Crippen molar-refractivity contribution in [1.82, 2.24) is 9.55 Å². The van der Waals surface area contributed by atoms with E-state index in [1.54, 1.807) is 11.3 Å². The van der Waals surface area contributed by atoms with Crippen LogP contribution in [0.25, 0.3) is 16.7 Å². The number of anilines is 1. The molecule has 0 aliphatic carbocycles. The maximum Gasteiger partial charge on any atom is 0.205 e. The average molecular weight is 229 g/mol. The van der Waals surface area contributed by atoms with Crippen molar-refractivity contribution in [3.63, 3.8) is 0 Å². The van der Waals surface area contributed by atoms with E-state index in [-0.39, 0.29) is 0 Å². The first kappa shape index (κ1) is 9.42. The molecule has 3 rings (SSSR count). The lowest BCUT2D eigenvalue weighted by Crippen LogP contribution is -1.98. The van der Waals surface area contributed by atoms with E-state index in [0.717, 1.165) is 22.3 Å². The number of rotatable bonds is 1. The summed E-state index contributed by atoms with van der Waals surface area (Å²) in [6.45, 7) is 2.05. The van der Waals surface area contributed by atoms with Crippen LogP contribution in [-0.2, 0) is 0 Å². The van der Waals surface area contributed by atoms with Crippen molar-refractivity contribution in [3.05, 3.63) is 40.6 Å². The summed E-state index contributed by atoms with van der Waals surface area (Å²) >= 11 is 1.66. The zero-order chi connectivity index (χ0) is 11.1. The molecular weight excluding hydrogens is 218 g/mol. The van der Waals surface area contributed by atoms with Crippen molar-refractivity contribution >= 4 is 28.3 Å². The first-order chi connectivity index (χ1) is 7.77. The molecule has 0 radical (unpaired) electrons.